The zero-order valence-corrected chi connectivity index (χ0v) is 8.85. The van der Waals surface area contributed by atoms with Crippen LogP contribution in [0.2, 0.25) is 0 Å². The summed E-state index contributed by atoms with van der Waals surface area (Å²) in [4.78, 5) is 24.7. The van der Waals surface area contributed by atoms with Gasteiger partial charge >= 0.3 is 0 Å². The number of fused-ring (bicyclic) bond motifs is 1. The molecule has 0 aromatic rings. The summed E-state index contributed by atoms with van der Waals surface area (Å²) < 4.78 is 0. The van der Waals surface area contributed by atoms with Gasteiger partial charge in [0.25, 0.3) is 0 Å². The third kappa shape index (κ3) is 1.20. The highest BCUT2D eigenvalue weighted by molar-refractivity contribution is 6.08. The van der Waals surface area contributed by atoms with E-state index in [0.717, 1.165) is 12.8 Å². The molecule has 0 bridgehead atoms. The van der Waals surface area contributed by atoms with Gasteiger partial charge in [-0.25, -0.2) is 0 Å². The second-order valence-electron chi connectivity index (χ2n) is 5.14. The molecule has 2 aliphatic carbocycles. The number of carbonyl (C=O) groups is 2. The molecule has 3 aliphatic rings. The van der Waals surface area contributed by atoms with Gasteiger partial charge in [0.15, 0.2) is 0 Å². The molecular formula is C11H13N3O2. The summed E-state index contributed by atoms with van der Waals surface area (Å²) in [5.74, 6) is -0.305. The molecule has 3 rings (SSSR count). The van der Waals surface area contributed by atoms with Crippen molar-refractivity contribution in [2.45, 2.75) is 24.8 Å². The fourth-order valence-electron chi connectivity index (χ4n) is 2.52. The molecule has 0 radical (unpaired) electrons. The zero-order valence-electron chi connectivity index (χ0n) is 8.85. The van der Waals surface area contributed by atoms with Gasteiger partial charge in [-0.05, 0) is 25.2 Å². The van der Waals surface area contributed by atoms with E-state index in [1.807, 2.05) is 0 Å². The standard InChI is InChI=1S/C11H13N3O2/c12-4-11(13,6-1-2-6)5-14-9(15)7-3-8(7)10(14)16/h6-8H,1-3,5,13H2. The summed E-state index contributed by atoms with van der Waals surface area (Å²) in [6.45, 7) is 0.0822. The van der Waals surface area contributed by atoms with Crippen molar-refractivity contribution in [3.05, 3.63) is 0 Å². The molecule has 1 saturated heterocycles. The Bertz CT molecular complexity index is 403. The minimum atomic E-state index is -1.03. The van der Waals surface area contributed by atoms with Gasteiger partial charge in [-0.15, -0.1) is 0 Å². The number of likely N-dealkylation sites (tertiary alicyclic amines) is 1. The Balaban J connectivity index is 1.77. The first-order chi connectivity index (χ1) is 7.57. The Hall–Kier alpha value is -1.41. The van der Waals surface area contributed by atoms with Crippen LogP contribution in [0.4, 0.5) is 0 Å². The van der Waals surface area contributed by atoms with Crippen LogP contribution in [-0.2, 0) is 9.59 Å². The van der Waals surface area contributed by atoms with E-state index in [2.05, 4.69) is 6.07 Å². The SMILES string of the molecule is N#CC(N)(CN1C(=O)C2CC2C1=O)C1CC1. The number of piperidine rings is 1. The number of nitrogens with two attached hydrogens (primary N) is 1. The minimum Gasteiger partial charge on any atom is -0.312 e. The molecule has 16 heavy (non-hydrogen) atoms. The maximum Gasteiger partial charge on any atom is 0.233 e. The smallest absolute Gasteiger partial charge is 0.233 e. The molecule has 84 valence electrons. The molecule has 0 aromatic heterocycles. The van der Waals surface area contributed by atoms with Crippen molar-refractivity contribution in [1.82, 2.24) is 4.90 Å². The van der Waals surface area contributed by atoms with Crippen molar-refractivity contribution in [3.8, 4) is 6.07 Å². The fraction of sp³-hybridized carbons (Fsp3) is 0.727. The Morgan fingerprint density at radius 1 is 1.38 bits per heavy atom. The maximum atomic E-state index is 11.7. The number of nitrogens with zero attached hydrogens (tertiary/aromatic N) is 2. The van der Waals surface area contributed by atoms with E-state index in [1.165, 1.54) is 4.90 Å². The molecule has 2 amide bonds. The third-order valence-corrected chi connectivity index (χ3v) is 3.89. The van der Waals surface area contributed by atoms with Crippen LogP contribution < -0.4 is 5.73 Å². The van der Waals surface area contributed by atoms with E-state index in [-0.39, 0.29) is 36.1 Å². The predicted molar refractivity (Wildman–Crippen MR) is 53.6 cm³/mol. The van der Waals surface area contributed by atoms with Crippen LogP contribution in [0.25, 0.3) is 0 Å². The number of rotatable bonds is 3. The van der Waals surface area contributed by atoms with Crippen molar-refractivity contribution in [2.24, 2.45) is 23.5 Å². The second kappa shape index (κ2) is 2.83. The Morgan fingerprint density at radius 3 is 2.38 bits per heavy atom. The fourth-order valence-corrected chi connectivity index (χ4v) is 2.52. The van der Waals surface area contributed by atoms with Crippen molar-refractivity contribution in [3.63, 3.8) is 0 Å². The molecule has 0 aromatic carbocycles. The highest BCUT2D eigenvalue weighted by atomic mass is 16.2. The third-order valence-electron chi connectivity index (χ3n) is 3.89. The van der Waals surface area contributed by atoms with E-state index in [1.54, 1.807) is 0 Å². The number of nitriles is 1. The summed E-state index contributed by atoms with van der Waals surface area (Å²) in [5, 5.41) is 9.08. The highest BCUT2D eigenvalue weighted by Crippen LogP contribution is 2.48. The minimum absolute atomic E-state index is 0.0822. The van der Waals surface area contributed by atoms with Crippen molar-refractivity contribution < 1.29 is 9.59 Å². The molecule has 2 N–H and O–H groups in total. The van der Waals surface area contributed by atoms with E-state index in [4.69, 9.17) is 11.0 Å². The second-order valence-corrected chi connectivity index (χ2v) is 5.14. The van der Waals surface area contributed by atoms with Crippen molar-refractivity contribution >= 4 is 11.8 Å². The zero-order chi connectivity index (χ0) is 11.5. The van der Waals surface area contributed by atoms with E-state index in [0.29, 0.717) is 6.42 Å². The molecule has 3 atom stereocenters. The highest BCUT2D eigenvalue weighted by Gasteiger charge is 2.60. The van der Waals surface area contributed by atoms with Gasteiger partial charge in [0.2, 0.25) is 11.8 Å². The summed E-state index contributed by atoms with van der Waals surface area (Å²) >= 11 is 0. The molecule has 3 unspecified atom stereocenters. The largest absolute Gasteiger partial charge is 0.312 e. The number of hydrogen-bond acceptors (Lipinski definition) is 4. The summed E-state index contributed by atoms with van der Waals surface area (Å²) in [6.07, 6.45) is 2.54. The summed E-state index contributed by atoms with van der Waals surface area (Å²) in [6, 6.07) is 2.07. The molecule has 3 fully saturated rings. The van der Waals surface area contributed by atoms with Gasteiger partial charge in [-0.2, -0.15) is 5.26 Å². The lowest BCUT2D eigenvalue weighted by molar-refractivity contribution is -0.142. The lowest BCUT2D eigenvalue weighted by atomic mass is 9.95. The normalized spacial score (nSPS) is 35.6. The van der Waals surface area contributed by atoms with Crippen LogP contribution in [0.5, 0.6) is 0 Å². The Labute approximate surface area is 93.2 Å². The summed E-state index contributed by atoms with van der Waals surface area (Å²) in [7, 11) is 0. The Kier molecular flexibility index (Phi) is 1.73. The molecule has 5 heteroatoms. The lowest BCUT2D eigenvalue weighted by Crippen LogP contribution is -2.53. The van der Waals surface area contributed by atoms with Gasteiger partial charge in [0.05, 0.1) is 24.4 Å². The van der Waals surface area contributed by atoms with Crippen LogP contribution in [0.15, 0.2) is 0 Å². The molecular weight excluding hydrogens is 206 g/mol. The molecule has 5 nitrogen and oxygen atoms in total. The lowest BCUT2D eigenvalue weighted by Gasteiger charge is -2.27. The molecule has 0 spiro atoms. The first kappa shape index (κ1) is 9.79. The average Bonchev–Trinajstić information content (AvgIpc) is 3.15. The van der Waals surface area contributed by atoms with Gasteiger partial charge < -0.3 is 5.73 Å². The van der Waals surface area contributed by atoms with Crippen molar-refractivity contribution in [1.29, 1.82) is 5.26 Å². The van der Waals surface area contributed by atoms with E-state index < -0.39 is 5.54 Å². The molecule has 1 heterocycles. The number of imide groups is 1. The van der Waals surface area contributed by atoms with Gasteiger partial charge in [-0.3, -0.25) is 14.5 Å². The molecule has 2 saturated carbocycles. The maximum absolute atomic E-state index is 11.7. The Morgan fingerprint density at radius 2 is 1.94 bits per heavy atom. The van der Waals surface area contributed by atoms with Gasteiger partial charge in [0.1, 0.15) is 5.54 Å². The van der Waals surface area contributed by atoms with Gasteiger partial charge in [-0.1, -0.05) is 0 Å². The average molecular weight is 219 g/mol. The van der Waals surface area contributed by atoms with Crippen LogP contribution in [0.1, 0.15) is 19.3 Å². The quantitative estimate of drug-likeness (QED) is 0.655. The van der Waals surface area contributed by atoms with Crippen LogP contribution >= 0.6 is 0 Å². The van der Waals surface area contributed by atoms with Crippen LogP contribution in [-0.4, -0.2) is 28.8 Å². The number of hydrogen-bond donors (Lipinski definition) is 1. The molecule has 1 aliphatic heterocycles. The van der Waals surface area contributed by atoms with Gasteiger partial charge in [0, 0.05) is 0 Å². The van der Waals surface area contributed by atoms with Crippen molar-refractivity contribution in [2.75, 3.05) is 6.54 Å². The first-order valence-corrected chi connectivity index (χ1v) is 5.62. The summed E-state index contributed by atoms with van der Waals surface area (Å²) in [5.41, 5.74) is 4.93. The monoisotopic (exact) mass is 219 g/mol. The predicted octanol–water partition coefficient (Wildman–Crippen LogP) is -0.378. The van der Waals surface area contributed by atoms with Crippen LogP contribution in [0, 0.1) is 29.1 Å². The number of carbonyl (C=O) groups excluding carboxylic acids is 2. The van der Waals surface area contributed by atoms with E-state index >= 15 is 0 Å². The first-order valence-electron chi connectivity index (χ1n) is 5.62. The number of amides is 2. The van der Waals surface area contributed by atoms with E-state index in [9.17, 15) is 9.59 Å². The topological polar surface area (TPSA) is 87.2 Å². The van der Waals surface area contributed by atoms with Crippen LogP contribution in [0.3, 0.4) is 0 Å².